The van der Waals surface area contributed by atoms with Crippen molar-refractivity contribution in [1.29, 1.82) is 0 Å². The van der Waals surface area contributed by atoms with Crippen LogP contribution in [-0.4, -0.2) is 37.1 Å². The first kappa shape index (κ1) is 12.9. The molecule has 0 amide bonds. The first-order valence-electron chi connectivity index (χ1n) is 6.25. The van der Waals surface area contributed by atoms with Crippen LogP contribution in [-0.2, 0) is 9.84 Å². The van der Waals surface area contributed by atoms with Crippen molar-refractivity contribution in [2.45, 2.75) is 25.9 Å². The fraction of sp³-hybridized carbons (Fsp3) is 0.462. The Balaban J connectivity index is 1.99. The zero-order valence-electron chi connectivity index (χ0n) is 10.9. The van der Waals surface area contributed by atoms with Crippen molar-refractivity contribution < 1.29 is 8.42 Å². The van der Waals surface area contributed by atoms with Gasteiger partial charge >= 0.3 is 0 Å². The predicted octanol–water partition coefficient (Wildman–Crippen LogP) is 1.16. The molecule has 1 aromatic rings. The summed E-state index contributed by atoms with van der Waals surface area (Å²) >= 11 is 5.35. The smallest absolute Gasteiger partial charge is 0.174 e. The van der Waals surface area contributed by atoms with E-state index < -0.39 is 9.84 Å². The van der Waals surface area contributed by atoms with Crippen LogP contribution >= 0.6 is 12.2 Å². The van der Waals surface area contributed by atoms with Gasteiger partial charge in [-0.3, -0.25) is 0 Å². The summed E-state index contributed by atoms with van der Waals surface area (Å²) in [7, 11) is -2.95. The molecule has 2 unspecified atom stereocenters. The van der Waals surface area contributed by atoms with Crippen LogP contribution in [0.4, 0.5) is 5.69 Å². The molecule has 1 aromatic carbocycles. The SMILES string of the molecule is Cc1ccc(N2C(=S)NC3CS(=O)(=O)CC32)cc1C. The van der Waals surface area contributed by atoms with Crippen molar-refractivity contribution in [3.63, 3.8) is 0 Å². The van der Waals surface area contributed by atoms with E-state index in [-0.39, 0.29) is 23.6 Å². The molecule has 2 saturated heterocycles. The number of thiocarbonyl (C=S) groups is 1. The summed E-state index contributed by atoms with van der Waals surface area (Å²) in [6.45, 7) is 4.11. The Kier molecular flexibility index (Phi) is 2.83. The lowest BCUT2D eigenvalue weighted by molar-refractivity contribution is 0.600. The summed E-state index contributed by atoms with van der Waals surface area (Å²) in [5.74, 6) is 0.358. The highest BCUT2D eigenvalue weighted by molar-refractivity contribution is 7.91. The lowest BCUT2D eigenvalue weighted by Crippen LogP contribution is -2.36. The van der Waals surface area contributed by atoms with E-state index >= 15 is 0 Å². The molecular formula is C13H16N2O2S2. The number of fused-ring (bicyclic) bond motifs is 1. The highest BCUT2D eigenvalue weighted by Gasteiger charge is 2.47. The van der Waals surface area contributed by atoms with Crippen LogP contribution in [0, 0.1) is 13.8 Å². The summed E-state index contributed by atoms with van der Waals surface area (Å²) in [6, 6.07) is 5.98. The largest absolute Gasteiger partial charge is 0.356 e. The lowest BCUT2D eigenvalue weighted by Gasteiger charge is -2.24. The predicted molar refractivity (Wildman–Crippen MR) is 80.4 cm³/mol. The van der Waals surface area contributed by atoms with E-state index in [1.165, 1.54) is 11.1 Å². The third-order valence-corrected chi connectivity index (χ3v) is 5.98. The number of hydrogen-bond donors (Lipinski definition) is 1. The molecule has 1 N–H and O–H groups in total. The highest BCUT2D eigenvalue weighted by Crippen LogP contribution is 2.30. The van der Waals surface area contributed by atoms with Gasteiger partial charge in [-0.2, -0.15) is 0 Å². The van der Waals surface area contributed by atoms with Crippen LogP contribution in [0.3, 0.4) is 0 Å². The number of nitrogens with one attached hydrogen (secondary N) is 1. The normalized spacial score (nSPS) is 28.3. The topological polar surface area (TPSA) is 49.4 Å². The van der Waals surface area contributed by atoms with Gasteiger partial charge in [0.05, 0.1) is 23.6 Å². The van der Waals surface area contributed by atoms with Crippen LogP contribution in [0.1, 0.15) is 11.1 Å². The minimum Gasteiger partial charge on any atom is -0.356 e. The first-order chi connectivity index (χ1) is 8.87. The molecule has 3 rings (SSSR count). The van der Waals surface area contributed by atoms with Gasteiger partial charge in [0.25, 0.3) is 0 Å². The summed E-state index contributed by atoms with van der Waals surface area (Å²) in [6.07, 6.45) is 0. The van der Waals surface area contributed by atoms with Gasteiger partial charge in [0.15, 0.2) is 14.9 Å². The third kappa shape index (κ3) is 2.12. The van der Waals surface area contributed by atoms with Gasteiger partial charge < -0.3 is 10.2 Å². The van der Waals surface area contributed by atoms with Gasteiger partial charge in [0.1, 0.15) is 0 Å². The lowest BCUT2D eigenvalue weighted by atomic mass is 10.1. The van der Waals surface area contributed by atoms with E-state index in [4.69, 9.17) is 12.2 Å². The summed E-state index contributed by atoms with van der Waals surface area (Å²) in [4.78, 5) is 1.96. The molecule has 2 aliphatic rings. The minimum atomic E-state index is -2.95. The van der Waals surface area contributed by atoms with Gasteiger partial charge in [-0.25, -0.2) is 8.42 Å². The molecule has 102 valence electrons. The number of benzene rings is 1. The summed E-state index contributed by atoms with van der Waals surface area (Å²) in [5, 5.41) is 3.76. The average molecular weight is 296 g/mol. The van der Waals surface area contributed by atoms with Crippen molar-refractivity contribution in [3.05, 3.63) is 29.3 Å². The van der Waals surface area contributed by atoms with Gasteiger partial charge in [0.2, 0.25) is 0 Å². The average Bonchev–Trinajstić information content (AvgIpc) is 2.73. The van der Waals surface area contributed by atoms with Gasteiger partial charge in [-0.05, 0) is 49.3 Å². The van der Waals surface area contributed by atoms with Crippen LogP contribution < -0.4 is 10.2 Å². The molecule has 4 nitrogen and oxygen atoms in total. The standard InChI is InChI=1S/C13H16N2O2S2/c1-8-3-4-10(5-9(8)2)15-12-7-19(16,17)6-11(12)14-13(15)18/h3-5,11-12H,6-7H2,1-2H3,(H,14,18). The Labute approximate surface area is 118 Å². The summed E-state index contributed by atoms with van der Waals surface area (Å²) in [5.41, 5.74) is 3.38. The zero-order chi connectivity index (χ0) is 13.8. The molecule has 0 radical (unpaired) electrons. The second-order valence-electron chi connectivity index (χ2n) is 5.34. The van der Waals surface area contributed by atoms with Gasteiger partial charge in [0, 0.05) is 5.69 Å². The van der Waals surface area contributed by atoms with E-state index in [0.717, 1.165) is 5.69 Å². The molecule has 2 aliphatic heterocycles. The monoisotopic (exact) mass is 296 g/mol. The molecule has 2 fully saturated rings. The van der Waals surface area contributed by atoms with E-state index in [2.05, 4.69) is 18.3 Å². The highest BCUT2D eigenvalue weighted by atomic mass is 32.2. The Morgan fingerprint density at radius 1 is 1.26 bits per heavy atom. The number of sulfone groups is 1. The van der Waals surface area contributed by atoms with Crippen molar-refractivity contribution in [1.82, 2.24) is 5.32 Å². The van der Waals surface area contributed by atoms with Crippen LogP contribution in [0.2, 0.25) is 0 Å². The van der Waals surface area contributed by atoms with E-state index in [9.17, 15) is 8.42 Å². The number of hydrogen-bond acceptors (Lipinski definition) is 3. The molecule has 0 spiro atoms. The zero-order valence-corrected chi connectivity index (χ0v) is 12.5. The second-order valence-corrected chi connectivity index (χ2v) is 7.88. The summed E-state index contributed by atoms with van der Waals surface area (Å²) < 4.78 is 23.5. The van der Waals surface area contributed by atoms with Crippen molar-refractivity contribution >= 4 is 32.9 Å². The third-order valence-electron chi connectivity index (χ3n) is 3.95. The second kappa shape index (κ2) is 4.18. The van der Waals surface area contributed by atoms with Crippen LogP contribution in [0.25, 0.3) is 0 Å². The molecule has 2 heterocycles. The molecule has 0 saturated carbocycles. The fourth-order valence-corrected chi connectivity index (χ4v) is 5.07. The van der Waals surface area contributed by atoms with E-state index in [1.807, 2.05) is 24.0 Å². The Bertz CT molecular complexity index is 655. The molecule has 0 bridgehead atoms. The first-order valence-corrected chi connectivity index (χ1v) is 8.48. The molecule has 19 heavy (non-hydrogen) atoms. The number of nitrogens with zero attached hydrogens (tertiary/aromatic N) is 1. The quantitative estimate of drug-likeness (QED) is 0.788. The maximum Gasteiger partial charge on any atom is 0.174 e. The number of rotatable bonds is 1. The van der Waals surface area contributed by atoms with Crippen molar-refractivity contribution in [2.75, 3.05) is 16.4 Å². The maximum atomic E-state index is 11.7. The molecular weight excluding hydrogens is 280 g/mol. The van der Waals surface area contributed by atoms with Crippen LogP contribution in [0.5, 0.6) is 0 Å². The van der Waals surface area contributed by atoms with Crippen LogP contribution in [0.15, 0.2) is 18.2 Å². The number of anilines is 1. The van der Waals surface area contributed by atoms with Gasteiger partial charge in [-0.15, -0.1) is 0 Å². The fourth-order valence-electron chi connectivity index (χ4n) is 2.78. The Hall–Kier alpha value is -1.14. The Morgan fingerprint density at radius 3 is 2.68 bits per heavy atom. The van der Waals surface area contributed by atoms with E-state index in [0.29, 0.717) is 5.11 Å². The molecule has 2 atom stereocenters. The molecule has 0 aliphatic carbocycles. The maximum absolute atomic E-state index is 11.7. The number of aryl methyl sites for hydroxylation is 2. The molecule has 0 aromatic heterocycles. The van der Waals surface area contributed by atoms with E-state index in [1.54, 1.807) is 0 Å². The van der Waals surface area contributed by atoms with Crippen molar-refractivity contribution in [2.24, 2.45) is 0 Å². The molecule has 6 heteroatoms. The van der Waals surface area contributed by atoms with Gasteiger partial charge in [-0.1, -0.05) is 6.07 Å². The minimum absolute atomic E-state index is 0.0698. The Morgan fingerprint density at radius 2 is 2.00 bits per heavy atom. The van der Waals surface area contributed by atoms with Crippen molar-refractivity contribution in [3.8, 4) is 0 Å².